The van der Waals surface area contributed by atoms with Gasteiger partial charge < -0.3 is 31.1 Å². The average molecular weight is 1510 g/mol. The van der Waals surface area contributed by atoms with Gasteiger partial charge in [-0.1, -0.05) is 106 Å². The highest BCUT2D eigenvalue weighted by molar-refractivity contribution is 9.10. The second kappa shape index (κ2) is 36.7. The lowest BCUT2D eigenvalue weighted by Gasteiger charge is -2.36. The van der Waals surface area contributed by atoms with Gasteiger partial charge in [0.25, 0.3) is 5.91 Å². The first-order chi connectivity index (χ1) is 45.5. The quantitative estimate of drug-likeness (QED) is 0.0912. The minimum atomic E-state index is -3.36. The van der Waals surface area contributed by atoms with Crippen molar-refractivity contribution in [2.75, 3.05) is 24.6 Å². The molecule has 2 saturated heterocycles. The number of halogens is 5. The highest BCUT2D eigenvalue weighted by Gasteiger charge is 2.41. The molecule has 4 heterocycles. The van der Waals surface area contributed by atoms with Crippen LogP contribution in [0.25, 0.3) is 0 Å². The fourth-order valence-corrected chi connectivity index (χ4v) is 17.0. The molecule has 100 heavy (non-hydrogen) atoms. The number of likely N-dealkylation sites (tertiary alicyclic amines) is 2. The van der Waals surface area contributed by atoms with Crippen LogP contribution in [0.15, 0.2) is 105 Å². The Morgan fingerprint density at radius 2 is 0.980 bits per heavy atom. The Labute approximate surface area is 606 Å². The topological polar surface area (TPSA) is 240 Å². The van der Waals surface area contributed by atoms with E-state index in [2.05, 4.69) is 26.6 Å². The Balaban J connectivity index is 0.000000237. The van der Waals surface area contributed by atoms with Crippen molar-refractivity contribution in [3.8, 4) is 0 Å². The average Bonchev–Trinajstić information content (AvgIpc) is 1.58. The summed E-state index contributed by atoms with van der Waals surface area (Å²) in [6, 6.07) is 23.9. The summed E-state index contributed by atoms with van der Waals surface area (Å²) in [6.45, 7) is 11.8. The first kappa shape index (κ1) is 84.3. The number of hydrogen-bond donors (Lipinski definition) is 4. The number of nitrogens with one attached hydrogen (secondary N) is 2. The maximum atomic E-state index is 14.7. The molecule has 5 aromatic carbocycles. The van der Waals surface area contributed by atoms with E-state index in [1.165, 1.54) is 23.5 Å². The third kappa shape index (κ3) is 22.6. The van der Waals surface area contributed by atoms with E-state index in [1.807, 2.05) is 63.2 Å². The molecule has 5 N–H and O–H groups in total. The molecule has 0 radical (unpaired) electrons. The van der Waals surface area contributed by atoms with Crippen LogP contribution in [0.1, 0.15) is 225 Å². The number of carbonyl (C=O) groups is 5. The second-order valence-electron chi connectivity index (χ2n) is 28.2. The summed E-state index contributed by atoms with van der Waals surface area (Å²) in [5.41, 5.74) is 11.8. The number of nitrogens with two attached hydrogens (primary N) is 1. The number of benzene rings is 5. The van der Waals surface area contributed by atoms with E-state index in [0.717, 1.165) is 122 Å². The maximum Gasteiger partial charge on any atom is 0.411 e. The van der Waals surface area contributed by atoms with Crippen molar-refractivity contribution < 1.29 is 63.8 Å². The Morgan fingerprint density at radius 1 is 0.550 bits per heavy atom. The zero-order valence-corrected chi connectivity index (χ0v) is 60.4. The monoisotopic (exact) mass is 1510 g/mol. The standard InChI is InChI=1S/C26H29FN2O4S.C18H24FNO.C11H14FN.C11H19NO4.C8H7BrO2S.3CH4.ClH/c1-16-5-10-20(21(27)14-16)24(18-7-8-18)28-25(30)22-4-2-3-12-29(22)26(31)19-9-6-17-11-13-34(32,33)23(17)15-19;1-12-7-10-15(16(19)11-12)17(13-8-9-13)20-18(21)14-5-3-2-4-6-14;1-7-2-5-9(10(12)6-7)11(13)8-3-4-8;1-11(2,3)16-10(15)12-7-5-4-6-8(12)9(13)14;9-7-2-1-6-3-4-12(10,11)8(6)5-7;;;;/h5-6,9-10,14-15,18,22,24H,2-4,7-8,11-13H2,1H3,(H,28,30);7,10-11,13-14,17H,2-6,8-9H2,1H3,(H,20,21);2,5-6,8,11H,3-4,13H2,1H3;8H,4-7H2,1-3H3,(H,13,14);1-2,5H,3-4H2;3*1H4;1H/t22-,24-;17-;11-;8-;;;;;/m1111...../s1. The molecule has 5 aromatic rings. The van der Waals surface area contributed by atoms with Crippen molar-refractivity contribution >= 4 is 77.8 Å². The number of sulfone groups is 2. The molecule has 4 aliphatic carbocycles. The largest absolute Gasteiger partial charge is 0.480 e. The van der Waals surface area contributed by atoms with Crippen LogP contribution in [0, 0.1) is 61.9 Å². The fraction of sp³-hybridized carbons (Fsp3) is 0.545. The lowest BCUT2D eigenvalue weighted by atomic mass is 9.88. The predicted molar refractivity (Wildman–Crippen MR) is 393 cm³/mol. The van der Waals surface area contributed by atoms with Crippen LogP contribution in [-0.2, 0) is 51.6 Å². The molecule has 0 spiro atoms. The molecule has 23 heteroatoms. The molecule has 4 amide bonds. The number of piperidine rings is 2. The number of nitrogens with zero attached hydrogens (tertiary/aromatic N) is 2. The van der Waals surface area contributed by atoms with Crippen molar-refractivity contribution in [2.45, 2.75) is 231 Å². The summed E-state index contributed by atoms with van der Waals surface area (Å²) in [4.78, 5) is 65.6. The molecule has 13 rings (SSSR count). The van der Waals surface area contributed by atoms with Crippen LogP contribution >= 0.6 is 28.3 Å². The normalized spacial score (nSPS) is 20.1. The molecular weight excluding hydrogens is 1410 g/mol. The van der Waals surface area contributed by atoms with Crippen LogP contribution < -0.4 is 16.4 Å². The summed E-state index contributed by atoms with van der Waals surface area (Å²) in [7, 11) is -6.32. The van der Waals surface area contributed by atoms with E-state index in [-0.39, 0.29) is 116 Å². The molecule has 8 aliphatic rings. The summed E-state index contributed by atoms with van der Waals surface area (Å²) in [5.74, 6) is -0.532. The second-order valence-corrected chi connectivity index (χ2v) is 33.2. The van der Waals surface area contributed by atoms with Crippen molar-refractivity contribution in [1.82, 2.24) is 20.4 Å². The SMILES string of the molecule is C.C.C.CC(C)(C)OC(=O)N1CCCC[C@@H]1C(=O)O.Cc1ccc([C@H](N)C2CC2)c(F)c1.Cc1ccc([C@H](NC(=O)C2CCCCC2)C2CC2)c(F)c1.Cc1ccc([C@H](NC(=O)[C@H]2CCCCN2C(=O)c2ccc3c(c2)S(=O)(=O)CC3)C2CC2)c(F)c1.Cl.O=S1(=O)CCc2ccc(Br)cc21. The number of hydrogen-bond acceptors (Lipinski definition) is 11. The lowest BCUT2D eigenvalue weighted by molar-refractivity contribution is -0.144. The number of rotatable bonds is 12. The van der Waals surface area contributed by atoms with Gasteiger partial charge in [-0.2, -0.15) is 0 Å². The number of carbonyl (C=O) groups excluding carboxylic acids is 4. The minimum Gasteiger partial charge on any atom is -0.480 e. The Bertz CT molecular complexity index is 3900. The summed E-state index contributed by atoms with van der Waals surface area (Å²) in [5, 5.41) is 15.2. The Hall–Kier alpha value is -6.33. The number of carboxylic acids is 1. The minimum absolute atomic E-state index is 0. The molecule has 0 aromatic heterocycles. The molecule has 16 nitrogen and oxygen atoms in total. The van der Waals surface area contributed by atoms with Crippen LogP contribution in [0.4, 0.5) is 18.0 Å². The van der Waals surface area contributed by atoms with Crippen molar-refractivity contribution in [3.63, 3.8) is 0 Å². The van der Waals surface area contributed by atoms with E-state index in [1.54, 1.807) is 62.1 Å². The molecular formula is C77H106BrClF3N5O11S2. The number of amides is 4. The van der Waals surface area contributed by atoms with Gasteiger partial charge >= 0.3 is 12.1 Å². The Kier molecular flexibility index (Phi) is 30.9. The smallest absolute Gasteiger partial charge is 0.411 e. The summed E-state index contributed by atoms with van der Waals surface area (Å²) >= 11 is 3.25. The van der Waals surface area contributed by atoms with Crippen molar-refractivity contribution in [2.24, 2.45) is 29.4 Å². The van der Waals surface area contributed by atoms with Gasteiger partial charge in [-0.25, -0.2) is 39.6 Å². The van der Waals surface area contributed by atoms with Crippen LogP contribution in [0.5, 0.6) is 0 Å². The highest BCUT2D eigenvalue weighted by Crippen LogP contribution is 2.44. The van der Waals surface area contributed by atoms with Crippen LogP contribution in [-0.4, -0.2) is 104 Å². The number of ether oxygens (including phenoxy) is 1. The van der Waals surface area contributed by atoms with Crippen molar-refractivity contribution in [1.29, 1.82) is 0 Å². The highest BCUT2D eigenvalue weighted by atomic mass is 79.9. The zero-order valence-electron chi connectivity index (χ0n) is 56.4. The third-order valence-electron chi connectivity index (χ3n) is 19.2. The Morgan fingerprint density at radius 3 is 1.44 bits per heavy atom. The number of carboxylic acid groups (broad SMARTS) is 1. The lowest BCUT2D eigenvalue weighted by Crippen LogP contribution is -2.52. The summed E-state index contributed by atoms with van der Waals surface area (Å²) < 4.78 is 95.8. The third-order valence-corrected chi connectivity index (χ3v) is 23.2. The number of fused-ring (bicyclic) bond motifs is 2. The number of aryl methyl sites for hydroxylation is 5. The zero-order chi connectivity index (χ0) is 69.4. The van der Waals surface area contributed by atoms with E-state index < -0.39 is 55.5 Å². The maximum absolute atomic E-state index is 14.7. The molecule has 552 valence electrons. The van der Waals surface area contributed by atoms with Gasteiger partial charge in [-0.05, 0) is 232 Å². The van der Waals surface area contributed by atoms with Crippen LogP contribution in [0.2, 0.25) is 0 Å². The summed E-state index contributed by atoms with van der Waals surface area (Å²) in [6.07, 6.45) is 16.7. The van der Waals surface area contributed by atoms with Gasteiger partial charge in [0.15, 0.2) is 19.7 Å². The molecule has 5 atom stereocenters. The number of aliphatic carboxylic acids is 1. The van der Waals surface area contributed by atoms with Crippen molar-refractivity contribution in [3.05, 3.63) is 163 Å². The fourth-order valence-electron chi connectivity index (χ4n) is 13.3. The van der Waals surface area contributed by atoms with Gasteiger partial charge in [0.05, 0.1) is 33.4 Å². The molecule has 0 bridgehead atoms. The first-order valence-corrected chi connectivity index (χ1v) is 38.1. The van der Waals surface area contributed by atoms with Gasteiger partial charge in [-0.3, -0.25) is 19.3 Å². The molecule has 4 saturated carbocycles. The molecule has 6 fully saturated rings. The van der Waals surface area contributed by atoms with Gasteiger partial charge in [0.2, 0.25) is 11.8 Å². The van der Waals surface area contributed by atoms with Gasteiger partial charge in [0.1, 0.15) is 35.1 Å². The van der Waals surface area contributed by atoms with Gasteiger partial charge in [0, 0.05) is 51.8 Å². The van der Waals surface area contributed by atoms with E-state index in [4.69, 9.17) is 15.6 Å². The molecule has 0 unspecified atom stereocenters. The van der Waals surface area contributed by atoms with E-state index in [0.29, 0.717) is 72.2 Å². The molecule has 4 aliphatic heterocycles. The predicted octanol–water partition coefficient (Wildman–Crippen LogP) is 16.5. The van der Waals surface area contributed by atoms with E-state index in [9.17, 15) is 54.0 Å². The van der Waals surface area contributed by atoms with Gasteiger partial charge in [-0.15, -0.1) is 12.4 Å². The van der Waals surface area contributed by atoms with E-state index >= 15 is 0 Å². The first-order valence-electron chi connectivity index (χ1n) is 34.0. The van der Waals surface area contributed by atoms with Crippen LogP contribution in [0.3, 0.4) is 0 Å².